The van der Waals surface area contributed by atoms with Gasteiger partial charge in [0.25, 0.3) is 0 Å². The zero-order valence-corrected chi connectivity index (χ0v) is 12.4. The molecule has 2 unspecified atom stereocenters. The van der Waals surface area contributed by atoms with Gasteiger partial charge in [-0.25, -0.2) is 4.79 Å². The average molecular weight is 269 g/mol. The van der Waals surface area contributed by atoms with E-state index in [1.165, 1.54) is 19.3 Å². The van der Waals surface area contributed by atoms with Crippen molar-refractivity contribution >= 4 is 6.09 Å². The number of amides is 1. The summed E-state index contributed by atoms with van der Waals surface area (Å²) in [5.41, 5.74) is -0.448. The predicted molar refractivity (Wildman–Crippen MR) is 73.9 cm³/mol. The molecule has 2 atom stereocenters. The van der Waals surface area contributed by atoms with Crippen molar-refractivity contribution < 1.29 is 14.6 Å². The van der Waals surface area contributed by atoms with Gasteiger partial charge in [-0.3, -0.25) is 0 Å². The summed E-state index contributed by atoms with van der Waals surface area (Å²) in [6.07, 6.45) is 5.14. The Morgan fingerprint density at radius 3 is 2.53 bits per heavy atom. The summed E-state index contributed by atoms with van der Waals surface area (Å²) in [7, 11) is 0. The van der Waals surface area contributed by atoms with Crippen LogP contribution < -0.4 is 0 Å². The first-order valence-corrected chi connectivity index (χ1v) is 7.51. The zero-order valence-electron chi connectivity index (χ0n) is 12.4. The first-order chi connectivity index (χ1) is 8.85. The van der Waals surface area contributed by atoms with Crippen molar-refractivity contribution in [1.82, 2.24) is 4.90 Å². The van der Waals surface area contributed by atoms with Gasteiger partial charge in [0.2, 0.25) is 0 Å². The second-order valence-corrected chi connectivity index (χ2v) is 7.08. The van der Waals surface area contributed by atoms with E-state index in [1.54, 1.807) is 4.90 Å². The van der Waals surface area contributed by atoms with Crippen LogP contribution in [0.15, 0.2) is 0 Å². The Bertz CT molecular complexity index is 320. The van der Waals surface area contributed by atoms with Crippen molar-refractivity contribution in [2.24, 2.45) is 11.8 Å². The van der Waals surface area contributed by atoms with Crippen molar-refractivity contribution in [3.8, 4) is 0 Å². The number of aliphatic hydroxyl groups excluding tert-OH is 1. The molecule has 1 saturated carbocycles. The lowest BCUT2D eigenvalue weighted by atomic mass is 9.76. The Labute approximate surface area is 116 Å². The standard InChI is InChI=1S/C15H27NO3/c1-15(2,3)19-14(18)16-8-7-13(17)12(10-16)9-11-5-4-6-11/h11-13,17H,4-10H2,1-3H3. The molecule has 0 radical (unpaired) electrons. The van der Waals surface area contributed by atoms with E-state index >= 15 is 0 Å². The lowest BCUT2D eigenvalue weighted by Crippen LogP contribution is -2.48. The molecule has 2 rings (SSSR count). The van der Waals surface area contributed by atoms with Crippen LogP contribution in [-0.2, 0) is 4.74 Å². The molecule has 4 nitrogen and oxygen atoms in total. The van der Waals surface area contributed by atoms with Gasteiger partial charge in [0.15, 0.2) is 0 Å². The van der Waals surface area contributed by atoms with Gasteiger partial charge in [-0.15, -0.1) is 0 Å². The Morgan fingerprint density at radius 1 is 1.32 bits per heavy atom. The summed E-state index contributed by atoms with van der Waals surface area (Å²) >= 11 is 0. The zero-order chi connectivity index (χ0) is 14.0. The summed E-state index contributed by atoms with van der Waals surface area (Å²) in [6.45, 7) is 6.91. The minimum atomic E-state index is -0.448. The Kier molecular flexibility index (Phi) is 4.39. The molecule has 0 spiro atoms. The van der Waals surface area contributed by atoms with Crippen LogP contribution in [0.1, 0.15) is 52.9 Å². The third kappa shape index (κ3) is 4.10. The smallest absolute Gasteiger partial charge is 0.410 e. The second-order valence-electron chi connectivity index (χ2n) is 7.08. The molecule has 1 heterocycles. The van der Waals surface area contributed by atoms with E-state index in [0.717, 1.165) is 12.3 Å². The monoisotopic (exact) mass is 269 g/mol. The van der Waals surface area contributed by atoms with Gasteiger partial charge in [-0.1, -0.05) is 19.3 Å². The molecule has 0 bridgehead atoms. The Morgan fingerprint density at radius 2 is 2.00 bits per heavy atom. The maximum absolute atomic E-state index is 12.1. The molecule has 0 aromatic carbocycles. The topological polar surface area (TPSA) is 49.8 Å². The van der Waals surface area contributed by atoms with E-state index < -0.39 is 5.60 Å². The highest BCUT2D eigenvalue weighted by Gasteiger charge is 2.34. The Hall–Kier alpha value is -0.770. The molecule has 0 aromatic heterocycles. The highest BCUT2D eigenvalue weighted by Crippen LogP contribution is 2.35. The van der Waals surface area contributed by atoms with Crippen molar-refractivity contribution in [2.75, 3.05) is 13.1 Å². The molecular weight excluding hydrogens is 242 g/mol. The van der Waals surface area contributed by atoms with E-state index in [4.69, 9.17) is 4.74 Å². The van der Waals surface area contributed by atoms with Crippen molar-refractivity contribution in [1.29, 1.82) is 0 Å². The summed E-state index contributed by atoms with van der Waals surface area (Å²) in [6, 6.07) is 0. The average Bonchev–Trinajstić information content (AvgIpc) is 2.23. The summed E-state index contributed by atoms with van der Waals surface area (Å²) < 4.78 is 5.41. The number of carbonyl (C=O) groups excluding carboxylic acids is 1. The SMILES string of the molecule is CC(C)(C)OC(=O)N1CCC(O)C(CC2CCC2)C1. The number of piperidine rings is 1. The van der Waals surface area contributed by atoms with Crippen molar-refractivity contribution in [2.45, 2.75) is 64.6 Å². The van der Waals surface area contributed by atoms with Gasteiger partial charge >= 0.3 is 6.09 Å². The van der Waals surface area contributed by atoms with Crippen molar-refractivity contribution in [3.63, 3.8) is 0 Å². The molecule has 1 saturated heterocycles. The van der Waals surface area contributed by atoms with E-state index in [9.17, 15) is 9.90 Å². The number of hydrogen-bond donors (Lipinski definition) is 1. The molecular formula is C15H27NO3. The number of rotatable bonds is 2. The molecule has 4 heteroatoms. The molecule has 1 aliphatic carbocycles. The maximum Gasteiger partial charge on any atom is 0.410 e. The highest BCUT2D eigenvalue weighted by atomic mass is 16.6. The van der Waals surface area contributed by atoms with Gasteiger partial charge in [0, 0.05) is 19.0 Å². The fourth-order valence-corrected chi connectivity index (χ4v) is 2.90. The molecule has 1 N–H and O–H groups in total. The van der Waals surface area contributed by atoms with Gasteiger partial charge in [-0.2, -0.15) is 0 Å². The Balaban J connectivity index is 1.86. The quantitative estimate of drug-likeness (QED) is 0.838. The van der Waals surface area contributed by atoms with Crippen LogP contribution in [0.25, 0.3) is 0 Å². The second kappa shape index (κ2) is 5.70. The fraction of sp³-hybridized carbons (Fsp3) is 0.933. The number of ether oxygens (including phenoxy) is 1. The molecule has 1 aliphatic heterocycles. The molecule has 2 fully saturated rings. The summed E-state index contributed by atoms with van der Waals surface area (Å²) in [5.74, 6) is 0.991. The third-order valence-corrected chi connectivity index (χ3v) is 4.21. The summed E-state index contributed by atoms with van der Waals surface area (Å²) in [4.78, 5) is 13.8. The molecule has 110 valence electrons. The number of likely N-dealkylation sites (tertiary alicyclic amines) is 1. The number of nitrogens with zero attached hydrogens (tertiary/aromatic N) is 1. The van der Waals surface area contributed by atoms with Crippen molar-refractivity contribution in [3.05, 3.63) is 0 Å². The summed E-state index contributed by atoms with van der Waals surface area (Å²) in [5, 5.41) is 10.1. The molecule has 19 heavy (non-hydrogen) atoms. The van der Waals surface area contributed by atoms with Crippen LogP contribution in [0.4, 0.5) is 4.79 Å². The highest BCUT2D eigenvalue weighted by molar-refractivity contribution is 5.68. The van der Waals surface area contributed by atoms with E-state index in [1.807, 2.05) is 20.8 Å². The predicted octanol–water partition coefficient (Wildman–Crippen LogP) is 2.79. The molecule has 1 amide bonds. The van der Waals surface area contributed by atoms with Crippen LogP contribution in [0, 0.1) is 11.8 Å². The normalized spacial score (nSPS) is 28.9. The van der Waals surface area contributed by atoms with Crippen LogP contribution in [0.3, 0.4) is 0 Å². The lowest BCUT2D eigenvalue weighted by molar-refractivity contribution is -0.0159. The number of aliphatic hydroxyl groups is 1. The van der Waals surface area contributed by atoms with E-state index in [2.05, 4.69) is 0 Å². The minimum absolute atomic E-state index is 0.228. The van der Waals surface area contributed by atoms with Crippen LogP contribution in [0.2, 0.25) is 0 Å². The molecule has 2 aliphatic rings. The number of hydrogen-bond acceptors (Lipinski definition) is 3. The third-order valence-electron chi connectivity index (χ3n) is 4.21. The van der Waals surface area contributed by atoms with Crippen LogP contribution >= 0.6 is 0 Å². The fourth-order valence-electron chi connectivity index (χ4n) is 2.90. The van der Waals surface area contributed by atoms with Gasteiger partial charge < -0.3 is 14.7 Å². The molecule has 0 aromatic rings. The van der Waals surface area contributed by atoms with Gasteiger partial charge in [0.05, 0.1) is 6.10 Å². The largest absolute Gasteiger partial charge is 0.444 e. The minimum Gasteiger partial charge on any atom is -0.444 e. The van der Waals surface area contributed by atoms with Gasteiger partial charge in [-0.05, 0) is 39.5 Å². The van der Waals surface area contributed by atoms with Gasteiger partial charge in [0.1, 0.15) is 5.60 Å². The number of carbonyl (C=O) groups is 1. The maximum atomic E-state index is 12.1. The van der Waals surface area contributed by atoms with E-state index in [0.29, 0.717) is 19.5 Å². The lowest BCUT2D eigenvalue weighted by Gasteiger charge is -2.39. The first-order valence-electron chi connectivity index (χ1n) is 7.51. The van der Waals surface area contributed by atoms with Crippen LogP contribution in [0.5, 0.6) is 0 Å². The van der Waals surface area contributed by atoms with E-state index in [-0.39, 0.29) is 18.1 Å². The first kappa shape index (κ1) is 14.6. The van der Waals surface area contributed by atoms with Crippen LogP contribution in [-0.4, -0.2) is 40.9 Å².